The maximum atomic E-state index is 11.2. The molecule has 0 unspecified atom stereocenters. The number of hydrogen-bond acceptors (Lipinski definition) is 4. The zero-order valence-corrected chi connectivity index (χ0v) is 13.4. The first-order chi connectivity index (χ1) is 11.1. The first-order valence-electron chi connectivity index (χ1n) is 7.02. The van der Waals surface area contributed by atoms with Crippen LogP contribution in [-0.4, -0.2) is 19.1 Å². The lowest BCUT2D eigenvalue weighted by molar-refractivity contribution is -0.114. The molecular formula is C17H16ClN3O2. The number of rotatable bonds is 6. The van der Waals surface area contributed by atoms with Gasteiger partial charge in [-0.1, -0.05) is 11.6 Å². The third-order valence-corrected chi connectivity index (χ3v) is 3.20. The molecule has 0 aliphatic rings. The topological polar surface area (TPSA) is 74.2 Å². The van der Waals surface area contributed by atoms with Gasteiger partial charge in [-0.2, -0.15) is 5.26 Å². The molecule has 2 aromatic carbocycles. The number of nitriles is 1. The minimum Gasteiger partial charge on any atom is -0.492 e. The summed E-state index contributed by atoms with van der Waals surface area (Å²) in [7, 11) is 0. The quantitative estimate of drug-likeness (QED) is 0.793. The van der Waals surface area contributed by atoms with Gasteiger partial charge >= 0.3 is 0 Å². The molecule has 0 atom stereocenters. The molecule has 0 aromatic heterocycles. The molecule has 0 saturated heterocycles. The van der Waals surface area contributed by atoms with Crippen LogP contribution >= 0.6 is 11.6 Å². The second-order valence-corrected chi connectivity index (χ2v) is 5.22. The summed E-state index contributed by atoms with van der Waals surface area (Å²) in [5.41, 5.74) is 1.99. The highest BCUT2D eigenvalue weighted by molar-refractivity contribution is 6.31. The van der Waals surface area contributed by atoms with Gasteiger partial charge in [-0.15, -0.1) is 0 Å². The van der Waals surface area contributed by atoms with Crippen LogP contribution in [0.1, 0.15) is 12.5 Å². The van der Waals surface area contributed by atoms with E-state index in [9.17, 15) is 4.79 Å². The molecule has 0 spiro atoms. The van der Waals surface area contributed by atoms with Crippen LogP contribution in [0.15, 0.2) is 42.5 Å². The van der Waals surface area contributed by atoms with Gasteiger partial charge in [0.15, 0.2) is 0 Å². The lowest BCUT2D eigenvalue weighted by atomic mass is 10.2. The second-order valence-electron chi connectivity index (χ2n) is 4.78. The van der Waals surface area contributed by atoms with Gasteiger partial charge < -0.3 is 15.4 Å². The van der Waals surface area contributed by atoms with Crippen molar-refractivity contribution in [2.24, 2.45) is 0 Å². The molecule has 2 rings (SSSR count). The van der Waals surface area contributed by atoms with Crippen LogP contribution in [0.2, 0.25) is 5.02 Å². The molecule has 23 heavy (non-hydrogen) atoms. The first-order valence-corrected chi connectivity index (χ1v) is 7.40. The highest BCUT2D eigenvalue weighted by atomic mass is 35.5. The molecule has 5 nitrogen and oxygen atoms in total. The summed E-state index contributed by atoms with van der Waals surface area (Å²) >= 11 is 5.98. The van der Waals surface area contributed by atoms with Crippen LogP contribution in [0.4, 0.5) is 11.4 Å². The fourth-order valence-electron chi connectivity index (χ4n) is 1.94. The van der Waals surface area contributed by atoms with E-state index in [0.717, 1.165) is 5.69 Å². The summed E-state index contributed by atoms with van der Waals surface area (Å²) in [5.74, 6) is 0.545. The molecule has 0 aliphatic carbocycles. The maximum absolute atomic E-state index is 11.2. The van der Waals surface area contributed by atoms with Gasteiger partial charge in [0.1, 0.15) is 12.4 Å². The number of ether oxygens (including phenoxy) is 1. The van der Waals surface area contributed by atoms with Crippen LogP contribution in [0, 0.1) is 11.3 Å². The van der Waals surface area contributed by atoms with Gasteiger partial charge in [0, 0.05) is 18.5 Å². The van der Waals surface area contributed by atoms with Crippen molar-refractivity contribution in [3.8, 4) is 11.8 Å². The van der Waals surface area contributed by atoms with Crippen LogP contribution in [0.25, 0.3) is 0 Å². The average Bonchev–Trinajstić information content (AvgIpc) is 2.54. The zero-order chi connectivity index (χ0) is 16.7. The maximum Gasteiger partial charge on any atom is 0.221 e. The summed E-state index contributed by atoms with van der Waals surface area (Å²) in [6.07, 6.45) is 0. The van der Waals surface area contributed by atoms with E-state index < -0.39 is 0 Å². The number of anilines is 2. The Morgan fingerprint density at radius 2 is 1.96 bits per heavy atom. The molecule has 0 heterocycles. The largest absolute Gasteiger partial charge is 0.492 e. The summed E-state index contributed by atoms with van der Waals surface area (Å²) in [6, 6.07) is 14.2. The third kappa shape index (κ3) is 5.20. The Labute approximate surface area is 139 Å². The monoisotopic (exact) mass is 329 g/mol. The van der Waals surface area contributed by atoms with Crippen molar-refractivity contribution in [1.29, 1.82) is 5.26 Å². The fourth-order valence-corrected chi connectivity index (χ4v) is 2.11. The van der Waals surface area contributed by atoms with E-state index in [4.69, 9.17) is 21.6 Å². The number of nitrogens with one attached hydrogen (secondary N) is 2. The Morgan fingerprint density at radius 3 is 2.61 bits per heavy atom. The highest BCUT2D eigenvalue weighted by Crippen LogP contribution is 2.25. The molecule has 0 fully saturated rings. The third-order valence-electron chi connectivity index (χ3n) is 2.96. The van der Waals surface area contributed by atoms with Gasteiger partial charge in [0.2, 0.25) is 5.91 Å². The van der Waals surface area contributed by atoms with Crippen molar-refractivity contribution in [3.63, 3.8) is 0 Å². The Hall–Kier alpha value is -2.71. The number of carbonyl (C=O) groups excluding carboxylic acids is 1. The number of amides is 1. The van der Waals surface area contributed by atoms with E-state index in [0.29, 0.717) is 35.2 Å². The lowest BCUT2D eigenvalue weighted by Gasteiger charge is -2.13. The van der Waals surface area contributed by atoms with Crippen molar-refractivity contribution in [2.75, 3.05) is 23.8 Å². The van der Waals surface area contributed by atoms with E-state index in [1.807, 2.05) is 0 Å². The molecule has 0 aliphatic heterocycles. The van der Waals surface area contributed by atoms with Gasteiger partial charge in [0.05, 0.1) is 23.0 Å². The van der Waals surface area contributed by atoms with E-state index >= 15 is 0 Å². The van der Waals surface area contributed by atoms with Gasteiger partial charge in [0.25, 0.3) is 0 Å². The highest BCUT2D eigenvalue weighted by Gasteiger charge is 2.05. The van der Waals surface area contributed by atoms with Crippen molar-refractivity contribution in [2.45, 2.75) is 6.92 Å². The van der Waals surface area contributed by atoms with Crippen LogP contribution < -0.4 is 15.4 Å². The summed E-state index contributed by atoms with van der Waals surface area (Å²) in [6.45, 7) is 2.41. The number of benzene rings is 2. The molecule has 2 aromatic rings. The Morgan fingerprint density at radius 1 is 1.22 bits per heavy atom. The normalized spacial score (nSPS) is 9.78. The van der Waals surface area contributed by atoms with Crippen LogP contribution in [-0.2, 0) is 4.79 Å². The van der Waals surface area contributed by atoms with Crippen molar-refractivity contribution < 1.29 is 9.53 Å². The smallest absolute Gasteiger partial charge is 0.221 e. The summed E-state index contributed by atoms with van der Waals surface area (Å²) < 4.78 is 5.59. The predicted molar refractivity (Wildman–Crippen MR) is 90.9 cm³/mol. The molecule has 118 valence electrons. The van der Waals surface area contributed by atoms with E-state index in [1.165, 1.54) is 6.92 Å². The summed E-state index contributed by atoms with van der Waals surface area (Å²) in [4.78, 5) is 11.2. The minimum atomic E-state index is -0.149. The zero-order valence-electron chi connectivity index (χ0n) is 12.6. The van der Waals surface area contributed by atoms with Crippen molar-refractivity contribution >= 4 is 28.9 Å². The first kappa shape index (κ1) is 16.7. The number of nitrogens with zero attached hydrogens (tertiary/aromatic N) is 1. The van der Waals surface area contributed by atoms with Crippen molar-refractivity contribution in [1.82, 2.24) is 0 Å². The van der Waals surface area contributed by atoms with E-state index in [2.05, 4.69) is 16.7 Å². The number of halogens is 1. The molecule has 1 amide bonds. The van der Waals surface area contributed by atoms with Gasteiger partial charge in [-0.25, -0.2) is 0 Å². The van der Waals surface area contributed by atoms with E-state index in [-0.39, 0.29) is 5.91 Å². The van der Waals surface area contributed by atoms with Crippen LogP contribution in [0.5, 0.6) is 5.75 Å². The van der Waals surface area contributed by atoms with Gasteiger partial charge in [-0.05, 0) is 42.5 Å². The summed E-state index contributed by atoms with van der Waals surface area (Å²) in [5, 5.41) is 15.2. The van der Waals surface area contributed by atoms with E-state index in [1.54, 1.807) is 42.5 Å². The van der Waals surface area contributed by atoms with Gasteiger partial charge in [-0.3, -0.25) is 4.79 Å². The average molecular weight is 330 g/mol. The Kier molecular flexibility index (Phi) is 5.84. The molecule has 0 radical (unpaired) electrons. The standard InChI is InChI=1S/C17H16ClN3O2/c1-12(22)21-16-7-4-14(18)10-17(16)20-8-9-23-15-5-2-13(11-19)3-6-15/h2-7,10,20H,8-9H2,1H3,(H,21,22). The van der Waals surface area contributed by atoms with Crippen LogP contribution in [0.3, 0.4) is 0 Å². The fraction of sp³-hybridized carbons (Fsp3) is 0.176. The molecule has 2 N–H and O–H groups in total. The molecular weight excluding hydrogens is 314 g/mol. The molecule has 6 heteroatoms. The SMILES string of the molecule is CC(=O)Nc1ccc(Cl)cc1NCCOc1ccc(C#N)cc1. The lowest BCUT2D eigenvalue weighted by Crippen LogP contribution is -2.14. The number of carbonyl (C=O) groups is 1. The predicted octanol–water partition coefficient (Wildman–Crippen LogP) is 3.66. The number of hydrogen-bond donors (Lipinski definition) is 2. The van der Waals surface area contributed by atoms with Crippen molar-refractivity contribution in [3.05, 3.63) is 53.1 Å². The molecule has 0 saturated carbocycles. The molecule has 0 bridgehead atoms. The minimum absolute atomic E-state index is 0.149. The Balaban J connectivity index is 1.89. The second kappa shape index (κ2) is 8.06. The Bertz CT molecular complexity index is 724.